The van der Waals surface area contributed by atoms with Gasteiger partial charge >= 0.3 is 5.91 Å². The molecule has 0 spiro atoms. The quantitative estimate of drug-likeness (QED) is 0.371. The summed E-state index contributed by atoms with van der Waals surface area (Å²) in [6.07, 6.45) is 0. The summed E-state index contributed by atoms with van der Waals surface area (Å²) in [4.78, 5) is 27.5. The lowest BCUT2D eigenvalue weighted by Crippen LogP contribution is -2.29. The lowest BCUT2D eigenvalue weighted by Gasteiger charge is -2.23. The Kier molecular flexibility index (Phi) is 4.90. The number of aliphatic hydroxyl groups excluding tert-OH is 1. The molecule has 2 aliphatic heterocycles. The largest absolute Gasteiger partial charge is 0.507 e. The fraction of sp³-hybridized carbons (Fsp3) is 0.217. The molecular formula is C23H19N3O5S. The Morgan fingerprint density at radius 2 is 1.75 bits per heavy atom. The van der Waals surface area contributed by atoms with Gasteiger partial charge in [-0.2, -0.15) is 0 Å². The molecule has 32 heavy (non-hydrogen) atoms. The molecule has 3 heterocycles. The molecule has 8 nitrogen and oxygen atoms in total. The second-order valence-corrected chi connectivity index (χ2v) is 8.70. The Bertz CT molecular complexity index is 1260. The monoisotopic (exact) mass is 449 g/mol. The van der Waals surface area contributed by atoms with Gasteiger partial charge in [0, 0.05) is 5.56 Å². The SMILES string of the molecule is Cc1ccc([C@@H]2C(=C(O)c3ccc4c(c3)OCCO4)C(=O)C(=O)N2c2nnc(C)s2)cc1. The van der Waals surface area contributed by atoms with E-state index in [2.05, 4.69) is 10.2 Å². The highest BCUT2D eigenvalue weighted by Crippen LogP contribution is 2.43. The van der Waals surface area contributed by atoms with Gasteiger partial charge < -0.3 is 14.6 Å². The number of amides is 1. The maximum absolute atomic E-state index is 13.1. The van der Waals surface area contributed by atoms with Gasteiger partial charge in [0.1, 0.15) is 24.0 Å². The van der Waals surface area contributed by atoms with E-state index in [4.69, 9.17) is 9.47 Å². The number of ketones is 1. The number of anilines is 1. The molecule has 0 saturated carbocycles. The van der Waals surface area contributed by atoms with E-state index in [0.717, 1.165) is 5.56 Å². The molecule has 2 aromatic carbocycles. The number of Topliss-reactive ketones (excluding diaryl/α,β-unsaturated/α-hetero) is 1. The number of hydrogen-bond donors (Lipinski definition) is 1. The third-order valence-electron chi connectivity index (χ3n) is 5.37. The van der Waals surface area contributed by atoms with Crippen LogP contribution in [0.25, 0.3) is 5.76 Å². The van der Waals surface area contributed by atoms with Crippen LogP contribution in [0.1, 0.15) is 27.7 Å². The van der Waals surface area contributed by atoms with E-state index in [1.165, 1.54) is 16.2 Å². The Morgan fingerprint density at radius 3 is 2.44 bits per heavy atom. The number of hydrogen-bond acceptors (Lipinski definition) is 8. The van der Waals surface area contributed by atoms with Crippen molar-refractivity contribution in [1.29, 1.82) is 0 Å². The van der Waals surface area contributed by atoms with Gasteiger partial charge in [0.15, 0.2) is 11.5 Å². The number of carbonyl (C=O) groups excluding carboxylic acids is 2. The van der Waals surface area contributed by atoms with Crippen LogP contribution in [0.5, 0.6) is 11.5 Å². The Hall–Kier alpha value is -3.72. The number of aliphatic hydroxyl groups is 1. The number of rotatable bonds is 3. The van der Waals surface area contributed by atoms with Crippen molar-refractivity contribution in [2.45, 2.75) is 19.9 Å². The van der Waals surface area contributed by atoms with Gasteiger partial charge in [-0.15, -0.1) is 10.2 Å². The van der Waals surface area contributed by atoms with Crippen LogP contribution in [0.2, 0.25) is 0 Å². The van der Waals surface area contributed by atoms with Crippen molar-refractivity contribution in [2.75, 3.05) is 18.1 Å². The lowest BCUT2D eigenvalue weighted by molar-refractivity contribution is -0.132. The summed E-state index contributed by atoms with van der Waals surface area (Å²) >= 11 is 1.21. The van der Waals surface area contributed by atoms with Gasteiger partial charge in [0.25, 0.3) is 5.78 Å². The highest BCUT2D eigenvalue weighted by atomic mass is 32.1. The maximum atomic E-state index is 13.1. The van der Waals surface area contributed by atoms with Crippen LogP contribution < -0.4 is 14.4 Å². The Labute approximate surface area is 187 Å². The molecule has 0 radical (unpaired) electrons. The zero-order valence-electron chi connectivity index (χ0n) is 17.4. The van der Waals surface area contributed by atoms with Gasteiger partial charge in [-0.05, 0) is 37.6 Å². The first kappa shape index (κ1) is 20.2. The topological polar surface area (TPSA) is 102 Å². The van der Waals surface area contributed by atoms with Crippen LogP contribution in [-0.4, -0.2) is 40.2 Å². The minimum atomic E-state index is -0.837. The molecular weight excluding hydrogens is 430 g/mol. The zero-order chi connectivity index (χ0) is 22.4. The number of benzene rings is 2. The number of carbonyl (C=O) groups is 2. The minimum Gasteiger partial charge on any atom is -0.507 e. The van der Waals surface area contributed by atoms with Crippen LogP contribution in [0.15, 0.2) is 48.0 Å². The van der Waals surface area contributed by atoms with Crippen molar-refractivity contribution >= 4 is 33.9 Å². The summed E-state index contributed by atoms with van der Waals surface area (Å²) < 4.78 is 11.1. The molecule has 1 atom stereocenters. The lowest BCUT2D eigenvalue weighted by atomic mass is 9.94. The highest BCUT2D eigenvalue weighted by molar-refractivity contribution is 7.15. The van der Waals surface area contributed by atoms with Crippen LogP contribution >= 0.6 is 11.3 Å². The molecule has 2 aliphatic rings. The summed E-state index contributed by atoms with van der Waals surface area (Å²) in [7, 11) is 0. The molecule has 1 fully saturated rings. The smallest absolute Gasteiger partial charge is 0.301 e. The van der Waals surface area contributed by atoms with Crippen LogP contribution in [0.4, 0.5) is 5.13 Å². The molecule has 1 saturated heterocycles. The van der Waals surface area contributed by atoms with E-state index in [9.17, 15) is 14.7 Å². The van der Waals surface area contributed by atoms with Gasteiger partial charge in [-0.1, -0.05) is 41.2 Å². The zero-order valence-corrected chi connectivity index (χ0v) is 18.2. The Balaban J connectivity index is 1.69. The molecule has 1 aromatic heterocycles. The number of aryl methyl sites for hydroxylation is 2. The predicted molar refractivity (Wildman–Crippen MR) is 118 cm³/mol. The average Bonchev–Trinajstić information content (AvgIpc) is 3.34. The van der Waals surface area contributed by atoms with E-state index >= 15 is 0 Å². The summed E-state index contributed by atoms with van der Waals surface area (Å²) in [5.41, 5.74) is 2.06. The number of ether oxygens (including phenoxy) is 2. The number of nitrogens with zero attached hydrogens (tertiary/aromatic N) is 3. The van der Waals surface area contributed by atoms with Crippen molar-refractivity contribution in [2.24, 2.45) is 0 Å². The summed E-state index contributed by atoms with van der Waals surface area (Å²) in [5, 5.41) is 20.3. The second-order valence-electron chi connectivity index (χ2n) is 7.54. The van der Waals surface area contributed by atoms with Crippen molar-refractivity contribution in [3.05, 3.63) is 69.7 Å². The fourth-order valence-electron chi connectivity index (χ4n) is 3.82. The van der Waals surface area contributed by atoms with E-state index in [1.807, 2.05) is 31.2 Å². The molecule has 0 unspecified atom stereocenters. The molecule has 3 aromatic rings. The van der Waals surface area contributed by atoms with Crippen molar-refractivity contribution in [3.63, 3.8) is 0 Å². The fourth-order valence-corrected chi connectivity index (χ4v) is 4.54. The highest BCUT2D eigenvalue weighted by Gasteiger charge is 2.48. The molecule has 0 aliphatic carbocycles. The standard InChI is InChI=1S/C23H19N3O5S/c1-12-3-5-14(6-4-12)19-18(21(28)22(29)26(19)23-25-24-13(2)32-23)20(27)15-7-8-16-17(11-15)31-10-9-30-16/h3-8,11,19,27H,9-10H2,1-2H3/t19-/m1/s1. The summed E-state index contributed by atoms with van der Waals surface area (Å²) in [6.45, 7) is 4.55. The summed E-state index contributed by atoms with van der Waals surface area (Å²) in [5.74, 6) is -0.787. The van der Waals surface area contributed by atoms with Gasteiger partial charge in [0.2, 0.25) is 5.13 Å². The van der Waals surface area contributed by atoms with Crippen molar-refractivity contribution in [3.8, 4) is 11.5 Å². The van der Waals surface area contributed by atoms with Crippen molar-refractivity contribution in [1.82, 2.24) is 10.2 Å². The first-order valence-electron chi connectivity index (χ1n) is 10.0. The third-order valence-corrected chi connectivity index (χ3v) is 6.21. The first-order chi connectivity index (χ1) is 15.4. The average molecular weight is 449 g/mol. The first-order valence-corrected chi connectivity index (χ1v) is 10.8. The maximum Gasteiger partial charge on any atom is 0.301 e. The van der Waals surface area contributed by atoms with E-state index < -0.39 is 17.7 Å². The predicted octanol–water partition coefficient (Wildman–Crippen LogP) is 3.55. The molecule has 0 bridgehead atoms. The van der Waals surface area contributed by atoms with Gasteiger partial charge in [0.05, 0.1) is 11.6 Å². The van der Waals surface area contributed by atoms with E-state index in [-0.39, 0.29) is 11.3 Å². The second kappa shape index (κ2) is 7.76. The molecule has 162 valence electrons. The van der Waals surface area contributed by atoms with Gasteiger partial charge in [-0.25, -0.2) is 0 Å². The normalized spacial score (nSPS) is 19.4. The van der Waals surface area contributed by atoms with Crippen molar-refractivity contribution < 1.29 is 24.2 Å². The van der Waals surface area contributed by atoms with Crippen LogP contribution in [0.3, 0.4) is 0 Å². The van der Waals surface area contributed by atoms with E-state index in [0.29, 0.717) is 46.0 Å². The molecule has 1 N–H and O–H groups in total. The summed E-state index contributed by atoms with van der Waals surface area (Å²) in [6, 6.07) is 11.5. The minimum absolute atomic E-state index is 0.0108. The third kappa shape index (κ3) is 3.31. The van der Waals surface area contributed by atoms with Crippen LogP contribution in [0, 0.1) is 13.8 Å². The molecule has 1 amide bonds. The molecule has 9 heteroatoms. The van der Waals surface area contributed by atoms with E-state index in [1.54, 1.807) is 25.1 Å². The van der Waals surface area contributed by atoms with Gasteiger partial charge in [-0.3, -0.25) is 14.5 Å². The number of aromatic nitrogens is 2. The Morgan fingerprint density at radius 1 is 1.03 bits per heavy atom. The van der Waals surface area contributed by atoms with Crippen LogP contribution in [-0.2, 0) is 9.59 Å². The number of fused-ring (bicyclic) bond motifs is 1. The molecule has 5 rings (SSSR count).